The molecule has 3 N–H and O–H groups in total. The first-order valence-electron chi connectivity index (χ1n) is 8.21. The third kappa shape index (κ3) is 5.74. The normalized spacial score (nSPS) is 16.6. The van der Waals surface area contributed by atoms with Crippen LogP contribution in [-0.4, -0.2) is 42.9 Å². The minimum Gasteiger partial charge on any atom is -0.369 e. The van der Waals surface area contributed by atoms with E-state index in [-0.39, 0.29) is 36.9 Å². The van der Waals surface area contributed by atoms with Crippen molar-refractivity contribution in [1.29, 1.82) is 0 Å². The summed E-state index contributed by atoms with van der Waals surface area (Å²) in [6.45, 7) is 1.56. The molecular weight excluding hydrogens is 335 g/mol. The summed E-state index contributed by atoms with van der Waals surface area (Å²) < 4.78 is 38.8. The maximum absolute atomic E-state index is 12.9. The number of hydrogen-bond donors (Lipinski definition) is 2. The van der Waals surface area contributed by atoms with Crippen LogP contribution >= 0.6 is 0 Å². The summed E-state index contributed by atoms with van der Waals surface area (Å²) in [7, 11) is 0. The first-order valence-corrected chi connectivity index (χ1v) is 8.21. The number of halogens is 3. The van der Waals surface area contributed by atoms with Gasteiger partial charge in [0.1, 0.15) is 0 Å². The molecule has 0 unspecified atom stereocenters. The van der Waals surface area contributed by atoms with Crippen LogP contribution in [0.1, 0.15) is 24.0 Å². The molecule has 0 bridgehead atoms. The number of nitrogens with two attached hydrogens (primary N) is 1. The van der Waals surface area contributed by atoms with Crippen molar-refractivity contribution in [3.8, 4) is 0 Å². The van der Waals surface area contributed by atoms with Crippen molar-refractivity contribution in [2.45, 2.75) is 25.4 Å². The molecule has 2 amide bonds. The Morgan fingerprint density at radius 3 is 2.44 bits per heavy atom. The Bertz CT molecular complexity index is 611. The van der Waals surface area contributed by atoms with E-state index in [9.17, 15) is 22.8 Å². The Kier molecular flexibility index (Phi) is 6.41. The van der Waals surface area contributed by atoms with Crippen LogP contribution in [0.15, 0.2) is 24.3 Å². The smallest absolute Gasteiger partial charge is 0.369 e. The van der Waals surface area contributed by atoms with Crippen molar-refractivity contribution in [3.05, 3.63) is 35.4 Å². The van der Waals surface area contributed by atoms with Crippen LogP contribution in [0.4, 0.5) is 13.2 Å². The van der Waals surface area contributed by atoms with E-state index in [0.717, 1.165) is 6.07 Å². The summed E-state index contributed by atoms with van der Waals surface area (Å²) in [5.74, 6) is -0.726. The third-order valence-electron chi connectivity index (χ3n) is 4.35. The zero-order valence-electron chi connectivity index (χ0n) is 13.8. The van der Waals surface area contributed by atoms with Crippen LogP contribution in [0.5, 0.6) is 0 Å². The van der Waals surface area contributed by atoms with Gasteiger partial charge in [-0.1, -0.05) is 18.2 Å². The van der Waals surface area contributed by atoms with E-state index in [0.29, 0.717) is 25.9 Å². The van der Waals surface area contributed by atoms with E-state index in [1.54, 1.807) is 6.07 Å². The van der Waals surface area contributed by atoms with Crippen LogP contribution in [0.2, 0.25) is 0 Å². The Balaban J connectivity index is 1.79. The van der Waals surface area contributed by atoms with E-state index < -0.39 is 17.6 Å². The summed E-state index contributed by atoms with van der Waals surface area (Å²) >= 11 is 0. The molecule has 25 heavy (non-hydrogen) atoms. The van der Waals surface area contributed by atoms with Crippen molar-refractivity contribution in [3.63, 3.8) is 0 Å². The highest BCUT2D eigenvalue weighted by Gasteiger charge is 2.32. The van der Waals surface area contributed by atoms with Crippen LogP contribution in [-0.2, 0) is 22.2 Å². The maximum Gasteiger partial charge on any atom is 0.416 e. The van der Waals surface area contributed by atoms with Gasteiger partial charge in [-0.3, -0.25) is 14.5 Å². The van der Waals surface area contributed by atoms with E-state index in [4.69, 9.17) is 5.73 Å². The summed E-state index contributed by atoms with van der Waals surface area (Å²) in [4.78, 5) is 24.9. The molecule has 0 atom stereocenters. The average molecular weight is 357 g/mol. The van der Waals surface area contributed by atoms with Gasteiger partial charge in [-0.15, -0.1) is 0 Å². The van der Waals surface area contributed by atoms with Gasteiger partial charge < -0.3 is 11.1 Å². The third-order valence-corrected chi connectivity index (χ3v) is 4.35. The van der Waals surface area contributed by atoms with Gasteiger partial charge in [0.25, 0.3) is 0 Å². The Hall–Kier alpha value is -2.09. The molecule has 1 heterocycles. The highest BCUT2D eigenvalue weighted by Crippen LogP contribution is 2.31. The van der Waals surface area contributed by atoms with Crippen molar-refractivity contribution in [2.24, 2.45) is 11.7 Å². The number of carbonyl (C=O) groups is 2. The lowest BCUT2D eigenvalue weighted by Crippen LogP contribution is -2.43. The first kappa shape index (κ1) is 19.2. The zero-order valence-corrected chi connectivity index (χ0v) is 13.8. The molecule has 8 heteroatoms. The van der Waals surface area contributed by atoms with Crippen molar-refractivity contribution >= 4 is 11.8 Å². The van der Waals surface area contributed by atoms with Gasteiger partial charge >= 0.3 is 6.18 Å². The molecule has 1 aromatic carbocycles. The minimum absolute atomic E-state index is 0.127. The Morgan fingerprint density at radius 1 is 1.20 bits per heavy atom. The topological polar surface area (TPSA) is 75.4 Å². The lowest BCUT2D eigenvalue weighted by Gasteiger charge is -2.30. The summed E-state index contributed by atoms with van der Waals surface area (Å²) in [6, 6.07) is 5.38. The predicted octanol–water partition coefficient (Wildman–Crippen LogP) is 1.56. The molecule has 0 aliphatic carbocycles. The van der Waals surface area contributed by atoms with Gasteiger partial charge in [0.05, 0.1) is 12.1 Å². The number of benzene rings is 1. The van der Waals surface area contributed by atoms with E-state index >= 15 is 0 Å². The number of amides is 2. The molecule has 138 valence electrons. The van der Waals surface area contributed by atoms with Gasteiger partial charge in [-0.25, -0.2) is 0 Å². The van der Waals surface area contributed by atoms with Crippen molar-refractivity contribution < 1.29 is 22.8 Å². The first-order chi connectivity index (χ1) is 11.8. The molecule has 0 aromatic heterocycles. The molecule has 0 radical (unpaired) electrons. The Morgan fingerprint density at radius 2 is 1.84 bits per heavy atom. The fourth-order valence-corrected chi connectivity index (χ4v) is 3.05. The van der Waals surface area contributed by atoms with Gasteiger partial charge in [0.2, 0.25) is 11.8 Å². The number of carbonyl (C=O) groups excluding carboxylic acids is 2. The van der Waals surface area contributed by atoms with E-state index in [2.05, 4.69) is 5.32 Å². The minimum atomic E-state index is -4.39. The zero-order chi connectivity index (χ0) is 18.4. The molecular formula is C17H22F3N3O2. The second-order valence-corrected chi connectivity index (χ2v) is 6.21. The van der Waals surface area contributed by atoms with E-state index in [1.165, 1.54) is 12.1 Å². The van der Waals surface area contributed by atoms with Gasteiger partial charge in [-0.05, 0) is 44.0 Å². The van der Waals surface area contributed by atoms with Crippen LogP contribution in [0.3, 0.4) is 0 Å². The number of likely N-dealkylation sites (tertiary alicyclic amines) is 1. The molecule has 2 rings (SSSR count). The molecule has 1 fully saturated rings. The number of nitrogens with zero attached hydrogens (tertiary/aromatic N) is 1. The molecule has 1 aliphatic heterocycles. The Labute approximate surface area is 144 Å². The number of nitrogens with one attached hydrogen (secondary N) is 1. The van der Waals surface area contributed by atoms with Crippen LogP contribution in [0.25, 0.3) is 0 Å². The average Bonchev–Trinajstić information content (AvgIpc) is 2.54. The van der Waals surface area contributed by atoms with Crippen molar-refractivity contribution in [2.75, 3.05) is 26.2 Å². The quantitative estimate of drug-likeness (QED) is 0.811. The predicted molar refractivity (Wildman–Crippen MR) is 86.5 cm³/mol. The maximum atomic E-state index is 12.9. The lowest BCUT2D eigenvalue weighted by molar-refractivity contribution is -0.138. The second-order valence-electron chi connectivity index (χ2n) is 6.21. The molecule has 0 saturated carbocycles. The molecule has 1 aliphatic rings. The number of primary amides is 1. The summed E-state index contributed by atoms with van der Waals surface area (Å²) in [5.41, 5.74) is 4.65. The summed E-state index contributed by atoms with van der Waals surface area (Å²) in [6.07, 6.45) is -3.05. The molecule has 0 spiro atoms. The fourth-order valence-electron chi connectivity index (χ4n) is 3.05. The highest BCUT2D eigenvalue weighted by atomic mass is 19.4. The number of alkyl halides is 3. The van der Waals surface area contributed by atoms with Gasteiger partial charge in [0.15, 0.2) is 0 Å². The summed E-state index contributed by atoms with van der Waals surface area (Å²) in [5, 5.41) is 2.72. The number of piperidine rings is 1. The SMILES string of the molecule is NC(=O)CN1CCC(C(=O)NCCc2ccccc2C(F)(F)F)CC1. The molecule has 1 aromatic rings. The van der Waals surface area contributed by atoms with Crippen LogP contribution in [0, 0.1) is 5.92 Å². The monoisotopic (exact) mass is 357 g/mol. The number of hydrogen-bond acceptors (Lipinski definition) is 3. The second kappa shape index (κ2) is 8.33. The number of rotatable bonds is 6. The molecule has 5 nitrogen and oxygen atoms in total. The van der Waals surface area contributed by atoms with Gasteiger partial charge in [0, 0.05) is 12.5 Å². The molecule has 1 saturated heterocycles. The van der Waals surface area contributed by atoms with Gasteiger partial charge in [-0.2, -0.15) is 13.2 Å². The fraction of sp³-hybridized carbons (Fsp3) is 0.529. The largest absolute Gasteiger partial charge is 0.416 e. The van der Waals surface area contributed by atoms with Crippen LogP contribution < -0.4 is 11.1 Å². The van der Waals surface area contributed by atoms with Crippen molar-refractivity contribution in [1.82, 2.24) is 10.2 Å². The highest BCUT2D eigenvalue weighted by molar-refractivity contribution is 5.79. The lowest BCUT2D eigenvalue weighted by atomic mass is 9.95. The van der Waals surface area contributed by atoms with E-state index in [1.807, 2.05) is 4.90 Å². The standard InChI is InChI=1S/C17H22F3N3O2/c18-17(19,20)14-4-2-1-3-12(14)5-8-22-16(25)13-6-9-23(10-7-13)11-15(21)24/h1-4,13H,5-11H2,(H2,21,24)(H,22,25).